The lowest BCUT2D eigenvalue weighted by atomic mass is 10.1. The summed E-state index contributed by atoms with van der Waals surface area (Å²) >= 11 is 1.54. The fraction of sp³-hybridized carbons (Fsp3) is 0.133. The first-order valence-corrected chi connectivity index (χ1v) is 7.43. The number of amides is 1. The van der Waals surface area contributed by atoms with Gasteiger partial charge in [-0.1, -0.05) is 0 Å². The Labute approximate surface area is 130 Å². The maximum absolute atomic E-state index is 12.1. The normalized spacial score (nSPS) is 10.6. The highest BCUT2D eigenvalue weighted by atomic mass is 32.1. The molecular formula is C15H13N3O3S. The van der Waals surface area contributed by atoms with Gasteiger partial charge >= 0.3 is 5.97 Å². The molecule has 0 aliphatic rings. The summed E-state index contributed by atoms with van der Waals surface area (Å²) in [5.41, 5.74) is 1.69. The molecule has 1 aromatic carbocycles. The fourth-order valence-corrected chi connectivity index (χ4v) is 2.73. The predicted octanol–water partition coefficient (Wildman–Crippen LogP) is 2.11. The van der Waals surface area contributed by atoms with Crippen LogP contribution in [0.3, 0.4) is 0 Å². The minimum atomic E-state index is -0.426. The number of hydrogen-bond acceptors (Lipinski definition) is 5. The number of ether oxygens (including phenoxy) is 1. The average molecular weight is 315 g/mol. The van der Waals surface area contributed by atoms with E-state index in [1.807, 2.05) is 22.2 Å². The first-order valence-electron chi connectivity index (χ1n) is 6.55. The summed E-state index contributed by atoms with van der Waals surface area (Å²) in [5.74, 6) is -0.641. The number of imidazole rings is 1. The van der Waals surface area contributed by atoms with Crippen LogP contribution in [0.5, 0.6) is 0 Å². The Morgan fingerprint density at radius 3 is 2.68 bits per heavy atom. The Hall–Kier alpha value is -2.67. The maximum Gasteiger partial charge on any atom is 0.337 e. The Kier molecular flexibility index (Phi) is 3.88. The zero-order valence-corrected chi connectivity index (χ0v) is 12.6. The second-order valence-electron chi connectivity index (χ2n) is 4.58. The molecule has 7 heteroatoms. The van der Waals surface area contributed by atoms with E-state index in [1.54, 1.807) is 35.6 Å². The van der Waals surface area contributed by atoms with Gasteiger partial charge in [-0.05, 0) is 24.3 Å². The van der Waals surface area contributed by atoms with Crippen LogP contribution in [0.15, 0.2) is 42.0 Å². The highest BCUT2D eigenvalue weighted by Gasteiger charge is 2.10. The minimum Gasteiger partial charge on any atom is -0.465 e. The maximum atomic E-state index is 12.1. The zero-order valence-electron chi connectivity index (χ0n) is 11.8. The summed E-state index contributed by atoms with van der Waals surface area (Å²) in [6.45, 7) is 0.353. The lowest BCUT2D eigenvalue weighted by molar-refractivity contribution is 0.0600. The van der Waals surface area contributed by atoms with Crippen LogP contribution in [0.1, 0.15) is 26.4 Å². The molecule has 1 N–H and O–H groups in total. The number of methoxy groups -OCH3 is 1. The van der Waals surface area contributed by atoms with Crippen molar-refractivity contribution in [1.29, 1.82) is 0 Å². The molecule has 6 nitrogen and oxygen atoms in total. The topological polar surface area (TPSA) is 72.7 Å². The van der Waals surface area contributed by atoms with Crippen molar-refractivity contribution in [3.05, 3.63) is 58.9 Å². The lowest BCUT2D eigenvalue weighted by Gasteiger charge is -2.04. The van der Waals surface area contributed by atoms with Crippen LogP contribution in [0.25, 0.3) is 4.96 Å². The molecule has 0 aliphatic heterocycles. The van der Waals surface area contributed by atoms with E-state index in [4.69, 9.17) is 0 Å². The molecule has 0 unspecified atom stereocenters. The van der Waals surface area contributed by atoms with Crippen LogP contribution in [-0.4, -0.2) is 28.4 Å². The molecule has 0 radical (unpaired) electrons. The van der Waals surface area contributed by atoms with Crippen LogP contribution in [0.4, 0.5) is 0 Å². The van der Waals surface area contributed by atoms with E-state index in [9.17, 15) is 9.59 Å². The van der Waals surface area contributed by atoms with Crippen molar-refractivity contribution < 1.29 is 14.3 Å². The standard InChI is InChI=1S/C15H13N3O3S/c1-21-14(20)11-4-2-10(3-5-11)13(19)16-8-12-9-18-6-7-22-15(18)17-12/h2-7,9H,8H2,1H3,(H,16,19). The van der Waals surface area contributed by atoms with Crippen molar-refractivity contribution in [3.8, 4) is 0 Å². The van der Waals surface area contributed by atoms with Gasteiger partial charge in [0, 0.05) is 23.3 Å². The molecule has 0 atom stereocenters. The number of hydrogen-bond donors (Lipinski definition) is 1. The summed E-state index contributed by atoms with van der Waals surface area (Å²) in [6.07, 6.45) is 3.80. The van der Waals surface area contributed by atoms with Crippen molar-refractivity contribution in [2.45, 2.75) is 6.54 Å². The molecular weight excluding hydrogens is 302 g/mol. The number of nitrogens with zero attached hydrogens (tertiary/aromatic N) is 2. The van der Waals surface area contributed by atoms with Gasteiger partial charge in [0.05, 0.1) is 24.9 Å². The van der Waals surface area contributed by atoms with Gasteiger partial charge in [-0.15, -0.1) is 11.3 Å². The molecule has 1 amide bonds. The first kappa shape index (κ1) is 14.3. The number of thiazole rings is 1. The number of carbonyl (C=O) groups is 2. The molecule has 0 saturated carbocycles. The van der Waals surface area contributed by atoms with Gasteiger partial charge in [-0.3, -0.25) is 9.20 Å². The van der Waals surface area contributed by atoms with E-state index in [2.05, 4.69) is 15.0 Å². The van der Waals surface area contributed by atoms with E-state index < -0.39 is 5.97 Å². The van der Waals surface area contributed by atoms with Gasteiger partial charge in [-0.2, -0.15) is 0 Å². The molecule has 3 rings (SSSR count). The van der Waals surface area contributed by atoms with Crippen molar-refractivity contribution >= 4 is 28.2 Å². The molecule has 0 bridgehead atoms. The highest BCUT2D eigenvalue weighted by molar-refractivity contribution is 7.15. The molecule has 112 valence electrons. The Balaban J connectivity index is 1.64. The molecule has 2 heterocycles. The number of fused-ring (bicyclic) bond motifs is 1. The van der Waals surface area contributed by atoms with Gasteiger partial charge in [0.25, 0.3) is 5.91 Å². The van der Waals surface area contributed by atoms with Gasteiger partial charge in [-0.25, -0.2) is 9.78 Å². The molecule has 3 aromatic rings. The van der Waals surface area contributed by atoms with Crippen molar-refractivity contribution in [1.82, 2.24) is 14.7 Å². The largest absolute Gasteiger partial charge is 0.465 e. The van der Waals surface area contributed by atoms with Gasteiger partial charge in [0.1, 0.15) is 0 Å². The van der Waals surface area contributed by atoms with E-state index >= 15 is 0 Å². The summed E-state index contributed by atoms with van der Waals surface area (Å²) in [5, 5.41) is 4.75. The smallest absolute Gasteiger partial charge is 0.337 e. The molecule has 22 heavy (non-hydrogen) atoms. The summed E-state index contributed by atoms with van der Waals surface area (Å²) < 4.78 is 6.53. The zero-order chi connectivity index (χ0) is 15.5. The summed E-state index contributed by atoms with van der Waals surface area (Å²) in [4.78, 5) is 28.7. The second-order valence-corrected chi connectivity index (χ2v) is 5.45. The van der Waals surface area contributed by atoms with Crippen molar-refractivity contribution in [2.24, 2.45) is 0 Å². The van der Waals surface area contributed by atoms with Crippen LogP contribution >= 0.6 is 11.3 Å². The number of esters is 1. The quantitative estimate of drug-likeness (QED) is 0.749. The number of benzene rings is 1. The van der Waals surface area contributed by atoms with E-state index in [0.717, 1.165) is 10.7 Å². The number of nitrogens with one attached hydrogen (secondary N) is 1. The van der Waals surface area contributed by atoms with E-state index in [1.165, 1.54) is 7.11 Å². The SMILES string of the molecule is COC(=O)c1ccc(C(=O)NCc2cn3ccsc3n2)cc1. The molecule has 0 aliphatic carbocycles. The Bertz CT molecular complexity index is 792. The third-order valence-corrected chi connectivity index (χ3v) is 3.91. The van der Waals surface area contributed by atoms with Gasteiger partial charge < -0.3 is 10.1 Å². The predicted molar refractivity (Wildman–Crippen MR) is 82.0 cm³/mol. The summed E-state index contributed by atoms with van der Waals surface area (Å²) in [6, 6.07) is 6.31. The van der Waals surface area contributed by atoms with Crippen LogP contribution in [0, 0.1) is 0 Å². The van der Waals surface area contributed by atoms with Crippen LogP contribution < -0.4 is 5.32 Å². The van der Waals surface area contributed by atoms with Crippen molar-refractivity contribution in [2.75, 3.05) is 7.11 Å². The van der Waals surface area contributed by atoms with Crippen LogP contribution in [0.2, 0.25) is 0 Å². The molecule has 0 saturated heterocycles. The fourth-order valence-electron chi connectivity index (χ4n) is 2.01. The molecule has 0 fully saturated rings. The Morgan fingerprint density at radius 1 is 1.27 bits per heavy atom. The number of aromatic nitrogens is 2. The number of rotatable bonds is 4. The lowest BCUT2D eigenvalue weighted by Crippen LogP contribution is -2.23. The Morgan fingerprint density at radius 2 is 2.00 bits per heavy atom. The second kappa shape index (κ2) is 5.98. The van der Waals surface area contributed by atoms with Crippen LogP contribution in [-0.2, 0) is 11.3 Å². The van der Waals surface area contributed by atoms with Crippen molar-refractivity contribution in [3.63, 3.8) is 0 Å². The first-order chi connectivity index (χ1) is 10.7. The minimum absolute atomic E-state index is 0.215. The number of carbonyl (C=O) groups excluding carboxylic acids is 2. The van der Waals surface area contributed by atoms with Gasteiger partial charge in [0.2, 0.25) is 0 Å². The third kappa shape index (κ3) is 2.84. The molecule has 2 aromatic heterocycles. The average Bonchev–Trinajstić information content (AvgIpc) is 3.13. The summed E-state index contributed by atoms with van der Waals surface area (Å²) in [7, 11) is 1.32. The monoisotopic (exact) mass is 315 g/mol. The van der Waals surface area contributed by atoms with E-state index in [-0.39, 0.29) is 5.91 Å². The highest BCUT2D eigenvalue weighted by Crippen LogP contribution is 2.11. The third-order valence-electron chi connectivity index (χ3n) is 3.14. The molecule has 0 spiro atoms. The van der Waals surface area contributed by atoms with Gasteiger partial charge in [0.15, 0.2) is 4.96 Å². The van der Waals surface area contributed by atoms with E-state index in [0.29, 0.717) is 17.7 Å².